The van der Waals surface area contributed by atoms with Gasteiger partial charge in [-0.3, -0.25) is 0 Å². The highest BCUT2D eigenvalue weighted by Crippen LogP contribution is 2.12. The molecule has 0 fully saturated rings. The van der Waals surface area contributed by atoms with Gasteiger partial charge in [0.2, 0.25) is 0 Å². The van der Waals surface area contributed by atoms with Gasteiger partial charge in [-0.15, -0.1) is 0 Å². The second-order valence-corrected chi connectivity index (χ2v) is 4.29. The molecular weight excluding hydrogens is 226 g/mol. The Morgan fingerprint density at radius 2 is 1.65 bits per heavy atom. The molecule has 17 heavy (non-hydrogen) atoms. The highest BCUT2D eigenvalue weighted by atomic mass is 19.1. The first-order chi connectivity index (χ1) is 7.88. The Morgan fingerprint density at radius 1 is 1.12 bits per heavy atom. The van der Waals surface area contributed by atoms with Crippen molar-refractivity contribution in [2.75, 3.05) is 5.32 Å². The van der Waals surface area contributed by atoms with Crippen molar-refractivity contribution in [3.8, 4) is 0 Å². The quantitative estimate of drug-likeness (QED) is 0.840. The van der Waals surface area contributed by atoms with E-state index in [1.165, 1.54) is 0 Å². The number of nitrogens with one attached hydrogen (secondary N) is 2. The van der Waals surface area contributed by atoms with E-state index in [-0.39, 0.29) is 17.6 Å². The predicted octanol–water partition coefficient (Wildman–Crippen LogP) is 3.13. The first-order valence-electron chi connectivity index (χ1n) is 5.42. The summed E-state index contributed by atoms with van der Waals surface area (Å²) < 4.78 is 25.7. The number of amides is 2. The summed E-state index contributed by atoms with van der Waals surface area (Å²) in [6, 6.07) is 2.37. The number of rotatable bonds is 3. The van der Waals surface area contributed by atoms with Gasteiger partial charge in [0.25, 0.3) is 0 Å². The number of urea groups is 1. The number of hydrogen-bond acceptors (Lipinski definition) is 1. The van der Waals surface area contributed by atoms with E-state index < -0.39 is 17.7 Å². The van der Waals surface area contributed by atoms with Crippen LogP contribution >= 0.6 is 0 Å². The molecule has 3 nitrogen and oxygen atoms in total. The lowest BCUT2D eigenvalue weighted by atomic mass is 10.1. The minimum Gasteiger partial charge on any atom is -0.335 e. The van der Waals surface area contributed by atoms with E-state index in [4.69, 9.17) is 0 Å². The molecule has 1 atom stereocenters. The van der Waals surface area contributed by atoms with E-state index in [2.05, 4.69) is 10.6 Å². The lowest BCUT2D eigenvalue weighted by Gasteiger charge is -2.17. The lowest BCUT2D eigenvalue weighted by Crippen LogP contribution is -2.39. The van der Waals surface area contributed by atoms with Crippen LogP contribution in [0, 0.1) is 17.6 Å². The van der Waals surface area contributed by atoms with Crippen molar-refractivity contribution in [1.29, 1.82) is 0 Å². The Labute approximate surface area is 99.2 Å². The third-order valence-electron chi connectivity index (χ3n) is 2.48. The molecule has 0 radical (unpaired) electrons. The minimum absolute atomic E-state index is 0.0200. The Kier molecular flexibility index (Phi) is 4.43. The van der Waals surface area contributed by atoms with Crippen molar-refractivity contribution in [2.45, 2.75) is 26.8 Å². The lowest BCUT2D eigenvalue weighted by molar-refractivity contribution is 0.246. The van der Waals surface area contributed by atoms with Crippen LogP contribution in [-0.4, -0.2) is 12.1 Å². The SMILES string of the molecule is CC(C)[C@@H](C)NC(=O)Nc1cc(F)cc(F)c1. The van der Waals surface area contributed by atoms with Crippen LogP contribution in [-0.2, 0) is 0 Å². The monoisotopic (exact) mass is 242 g/mol. The van der Waals surface area contributed by atoms with Crippen LogP contribution in [0.3, 0.4) is 0 Å². The number of anilines is 1. The maximum atomic E-state index is 12.9. The highest BCUT2D eigenvalue weighted by molar-refractivity contribution is 5.89. The third-order valence-corrected chi connectivity index (χ3v) is 2.48. The van der Waals surface area contributed by atoms with Crippen molar-refractivity contribution in [1.82, 2.24) is 5.32 Å². The summed E-state index contributed by atoms with van der Waals surface area (Å²) in [4.78, 5) is 11.5. The summed E-state index contributed by atoms with van der Waals surface area (Å²) in [6.45, 7) is 5.79. The second kappa shape index (κ2) is 5.61. The van der Waals surface area contributed by atoms with Gasteiger partial charge in [-0.25, -0.2) is 13.6 Å². The van der Waals surface area contributed by atoms with Crippen LogP contribution in [0.1, 0.15) is 20.8 Å². The zero-order valence-electron chi connectivity index (χ0n) is 10.1. The summed E-state index contributed by atoms with van der Waals surface area (Å²) in [5.41, 5.74) is 0.0935. The molecule has 0 saturated heterocycles. The Morgan fingerprint density at radius 3 is 2.12 bits per heavy atom. The normalized spacial score (nSPS) is 12.4. The van der Waals surface area contributed by atoms with Crippen molar-refractivity contribution in [2.24, 2.45) is 5.92 Å². The van der Waals surface area contributed by atoms with E-state index in [1.54, 1.807) is 0 Å². The van der Waals surface area contributed by atoms with Gasteiger partial charge in [0.1, 0.15) is 11.6 Å². The largest absolute Gasteiger partial charge is 0.335 e. The first kappa shape index (κ1) is 13.4. The van der Waals surface area contributed by atoms with E-state index in [0.717, 1.165) is 18.2 Å². The molecule has 0 unspecified atom stereocenters. The van der Waals surface area contributed by atoms with E-state index in [9.17, 15) is 13.6 Å². The Bertz CT molecular complexity index is 387. The van der Waals surface area contributed by atoms with Crippen LogP contribution in [0.2, 0.25) is 0 Å². The smallest absolute Gasteiger partial charge is 0.319 e. The first-order valence-corrected chi connectivity index (χ1v) is 5.42. The molecule has 0 aromatic heterocycles. The van der Waals surface area contributed by atoms with Crippen LogP contribution in [0.5, 0.6) is 0 Å². The van der Waals surface area contributed by atoms with Gasteiger partial charge in [-0.05, 0) is 25.0 Å². The summed E-state index contributed by atoms with van der Waals surface area (Å²) in [5.74, 6) is -1.17. The zero-order valence-corrected chi connectivity index (χ0v) is 10.1. The zero-order chi connectivity index (χ0) is 13.0. The van der Waals surface area contributed by atoms with Crippen molar-refractivity contribution < 1.29 is 13.6 Å². The van der Waals surface area contributed by atoms with Gasteiger partial charge in [-0.1, -0.05) is 13.8 Å². The molecule has 1 rings (SSSR count). The van der Waals surface area contributed by atoms with Crippen molar-refractivity contribution in [3.63, 3.8) is 0 Å². The maximum Gasteiger partial charge on any atom is 0.319 e. The fourth-order valence-electron chi connectivity index (χ4n) is 1.17. The van der Waals surface area contributed by atoms with E-state index in [0.29, 0.717) is 0 Å². The fraction of sp³-hybridized carbons (Fsp3) is 0.417. The Hall–Kier alpha value is -1.65. The average molecular weight is 242 g/mol. The van der Waals surface area contributed by atoms with Gasteiger partial charge in [0, 0.05) is 17.8 Å². The molecule has 0 aliphatic rings. The van der Waals surface area contributed by atoms with E-state index in [1.807, 2.05) is 20.8 Å². The van der Waals surface area contributed by atoms with Crippen molar-refractivity contribution >= 4 is 11.7 Å². The Balaban J connectivity index is 2.62. The van der Waals surface area contributed by atoms with E-state index >= 15 is 0 Å². The van der Waals surface area contributed by atoms with Gasteiger partial charge >= 0.3 is 6.03 Å². The molecule has 94 valence electrons. The predicted molar refractivity (Wildman–Crippen MR) is 62.8 cm³/mol. The van der Waals surface area contributed by atoms with Gasteiger partial charge in [0.15, 0.2) is 0 Å². The molecule has 5 heteroatoms. The van der Waals surface area contributed by atoms with Gasteiger partial charge in [0.05, 0.1) is 0 Å². The van der Waals surface area contributed by atoms with Crippen LogP contribution in [0.25, 0.3) is 0 Å². The maximum absolute atomic E-state index is 12.9. The second-order valence-electron chi connectivity index (χ2n) is 4.29. The summed E-state index contributed by atoms with van der Waals surface area (Å²) in [6.07, 6.45) is 0. The standard InChI is InChI=1S/C12H16F2N2O/c1-7(2)8(3)15-12(17)16-11-5-9(13)4-10(14)6-11/h4-8H,1-3H3,(H2,15,16,17)/t8-/m1/s1. The van der Waals surface area contributed by atoms with Gasteiger partial charge < -0.3 is 10.6 Å². The summed E-state index contributed by atoms with van der Waals surface area (Å²) in [5, 5.41) is 5.05. The minimum atomic E-state index is -0.725. The molecule has 0 spiro atoms. The van der Waals surface area contributed by atoms with Crippen LogP contribution in [0.15, 0.2) is 18.2 Å². The summed E-state index contributed by atoms with van der Waals surface area (Å²) in [7, 11) is 0. The number of benzene rings is 1. The number of hydrogen-bond donors (Lipinski definition) is 2. The average Bonchev–Trinajstić information content (AvgIpc) is 2.14. The number of halogens is 2. The molecule has 1 aromatic carbocycles. The molecule has 1 aromatic rings. The summed E-state index contributed by atoms with van der Waals surface area (Å²) >= 11 is 0. The molecule has 0 saturated carbocycles. The van der Waals surface area contributed by atoms with Crippen molar-refractivity contribution in [3.05, 3.63) is 29.8 Å². The number of carbonyl (C=O) groups excluding carboxylic acids is 1. The molecule has 0 heterocycles. The molecule has 2 N–H and O–H groups in total. The highest BCUT2D eigenvalue weighted by Gasteiger charge is 2.11. The molecule has 0 aliphatic heterocycles. The molecule has 0 aliphatic carbocycles. The topological polar surface area (TPSA) is 41.1 Å². The molecule has 2 amide bonds. The van der Waals surface area contributed by atoms with Gasteiger partial charge in [-0.2, -0.15) is 0 Å². The third kappa shape index (κ3) is 4.38. The van der Waals surface area contributed by atoms with Crippen LogP contribution in [0.4, 0.5) is 19.3 Å². The van der Waals surface area contributed by atoms with Crippen LogP contribution < -0.4 is 10.6 Å². The number of carbonyl (C=O) groups is 1. The fourth-order valence-corrected chi connectivity index (χ4v) is 1.17. The molecular formula is C12H16F2N2O. The molecule has 0 bridgehead atoms.